The van der Waals surface area contributed by atoms with E-state index in [2.05, 4.69) is 17.0 Å². The topological polar surface area (TPSA) is 75.3 Å². The zero-order chi connectivity index (χ0) is 15.5. The molecule has 0 atom stereocenters. The van der Waals surface area contributed by atoms with E-state index in [0.717, 1.165) is 5.56 Å². The van der Waals surface area contributed by atoms with E-state index < -0.39 is 10.0 Å². The first kappa shape index (κ1) is 15.1. The number of carbonyl (C=O) groups excluding carboxylic acids is 1. The highest BCUT2D eigenvalue weighted by molar-refractivity contribution is 7.92. The Bertz CT molecular complexity index is 735. The second-order valence-corrected chi connectivity index (χ2v) is 6.19. The first-order valence-electron chi connectivity index (χ1n) is 6.19. The molecule has 2 N–H and O–H groups in total. The van der Waals surface area contributed by atoms with Crippen LogP contribution in [0.1, 0.15) is 12.5 Å². The fourth-order valence-electron chi connectivity index (χ4n) is 1.71. The van der Waals surface area contributed by atoms with Gasteiger partial charge in [-0.3, -0.25) is 9.52 Å². The van der Waals surface area contributed by atoms with Crippen LogP contribution in [0.2, 0.25) is 0 Å². The van der Waals surface area contributed by atoms with E-state index in [9.17, 15) is 13.2 Å². The summed E-state index contributed by atoms with van der Waals surface area (Å²) in [4.78, 5) is 11.0. The van der Waals surface area contributed by atoms with E-state index in [1.54, 1.807) is 24.3 Å². The van der Waals surface area contributed by atoms with Gasteiger partial charge in [-0.2, -0.15) is 0 Å². The molecule has 0 unspecified atom stereocenters. The molecular weight excluding hydrogens is 288 g/mol. The van der Waals surface area contributed by atoms with E-state index >= 15 is 0 Å². The van der Waals surface area contributed by atoms with Crippen LogP contribution in [0.3, 0.4) is 0 Å². The second-order valence-electron chi connectivity index (χ2n) is 4.51. The lowest BCUT2D eigenvalue weighted by Gasteiger charge is -2.09. The van der Waals surface area contributed by atoms with Crippen molar-refractivity contribution in [2.75, 3.05) is 10.0 Å². The molecule has 109 valence electrons. The third-order valence-corrected chi connectivity index (χ3v) is 4.09. The maximum absolute atomic E-state index is 12.2. The van der Waals surface area contributed by atoms with Gasteiger partial charge in [0.15, 0.2) is 0 Å². The van der Waals surface area contributed by atoms with Crippen molar-refractivity contribution in [2.45, 2.75) is 11.8 Å². The Morgan fingerprint density at radius 2 is 1.48 bits per heavy atom. The molecule has 0 saturated carbocycles. The number of sulfonamides is 1. The number of nitrogens with one attached hydrogen (secondary N) is 2. The fourth-order valence-corrected chi connectivity index (χ4v) is 2.77. The molecule has 0 aliphatic carbocycles. The number of hydrogen-bond donors (Lipinski definition) is 2. The number of amides is 1. The fraction of sp³-hybridized carbons (Fsp3) is 0.0667. The summed E-state index contributed by atoms with van der Waals surface area (Å²) in [5.74, 6) is -0.211. The molecule has 2 aromatic rings. The van der Waals surface area contributed by atoms with Crippen LogP contribution >= 0.6 is 0 Å². The van der Waals surface area contributed by atoms with Gasteiger partial charge in [0.25, 0.3) is 10.0 Å². The molecule has 1 radical (unpaired) electrons. The minimum Gasteiger partial charge on any atom is -0.326 e. The molecule has 0 aromatic heterocycles. The molecule has 0 spiro atoms. The van der Waals surface area contributed by atoms with Gasteiger partial charge in [0.1, 0.15) is 0 Å². The molecule has 2 aromatic carbocycles. The number of rotatable bonds is 4. The van der Waals surface area contributed by atoms with Crippen molar-refractivity contribution in [3.05, 3.63) is 61.0 Å². The predicted molar refractivity (Wildman–Crippen MR) is 82.5 cm³/mol. The molecular formula is C15H15N2O3S. The van der Waals surface area contributed by atoms with Gasteiger partial charge in [0, 0.05) is 18.3 Å². The lowest BCUT2D eigenvalue weighted by atomic mass is 10.2. The quantitative estimate of drug-likeness (QED) is 0.911. The van der Waals surface area contributed by atoms with Crippen LogP contribution in [0.15, 0.2) is 53.4 Å². The highest BCUT2D eigenvalue weighted by Gasteiger charge is 2.13. The van der Waals surface area contributed by atoms with Crippen LogP contribution in [-0.4, -0.2) is 14.3 Å². The van der Waals surface area contributed by atoms with Gasteiger partial charge in [-0.1, -0.05) is 12.1 Å². The van der Waals surface area contributed by atoms with E-state index in [1.165, 1.54) is 31.2 Å². The summed E-state index contributed by atoms with van der Waals surface area (Å²) in [6.45, 7) is 5.13. The molecule has 0 fully saturated rings. The van der Waals surface area contributed by atoms with Crippen molar-refractivity contribution >= 4 is 27.3 Å². The Hall–Kier alpha value is -2.34. The molecule has 2 rings (SSSR count). The number of anilines is 2. The van der Waals surface area contributed by atoms with Crippen molar-refractivity contribution in [3.8, 4) is 0 Å². The van der Waals surface area contributed by atoms with Gasteiger partial charge in [-0.25, -0.2) is 8.42 Å². The van der Waals surface area contributed by atoms with Crippen molar-refractivity contribution in [2.24, 2.45) is 0 Å². The lowest BCUT2D eigenvalue weighted by molar-refractivity contribution is -0.114. The summed E-state index contributed by atoms with van der Waals surface area (Å²) in [5.41, 5.74) is 1.81. The smallest absolute Gasteiger partial charge is 0.261 e. The molecule has 0 aliphatic rings. The normalized spacial score (nSPS) is 11.0. The number of hydrogen-bond acceptors (Lipinski definition) is 3. The lowest BCUT2D eigenvalue weighted by Crippen LogP contribution is -2.13. The van der Waals surface area contributed by atoms with Gasteiger partial charge in [0.2, 0.25) is 5.91 Å². The zero-order valence-electron chi connectivity index (χ0n) is 11.5. The first-order valence-corrected chi connectivity index (χ1v) is 7.68. The van der Waals surface area contributed by atoms with Gasteiger partial charge < -0.3 is 5.32 Å². The molecule has 0 aliphatic heterocycles. The molecule has 5 nitrogen and oxygen atoms in total. The predicted octanol–water partition coefficient (Wildman–Crippen LogP) is 2.63. The third kappa shape index (κ3) is 4.06. The summed E-state index contributed by atoms with van der Waals surface area (Å²) in [6, 6.07) is 12.7. The Kier molecular flexibility index (Phi) is 4.28. The largest absolute Gasteiger partial charge is 0.326 e. The van der Waals surface area contributed by atoms with E-state index in [-0.39, 0.29) is 10.8 Å². The van der Waals surface area contributed by atoms with Crippen LogP contribution < -0.4 is 10.0 Å². The Balaban J connectivity index is 2.19. The van der Waals surface area contributed by atoms with Crippen molar-refractivity contribution < 1.29 is 13.2 Å². The first-order chi connectivity index (χ1) is 9.87. The van der Waals surface area contributed by atoms with Crippen molar-refractivity contribution in [1.82, 2.24) is 0 Å². The summed E-state index contributed by atoms with van der Waals surface area (Å²) < 4.78 is 26.9. The Morgan fingerprint density at radius 1 is 0.952 bits per heavy atom. The van der Waals surface area contributed by atoms with E-state index in [4.69, 9.17) is 0 Å². The Labute approximate surface area is 124 Å². The number of carbonyl (C=O) groups is 1. The molecule has 0 bridgehead atoms. The summed E-state index contributed by atoms with van der Waals surface area (Å²) >= 11 is 0. The minimum atomic E-state index is -3.65. The van der Waals surface area contributed by atoms with Crippen LogP contribution in [0, 0.1) is 6.92 Å². The van der Waals surface area contributed by atoms with Crippen molar-refractivity contribution in [3.63, 3.8) is 0 Å². The standard InChI is InChI=1S/C15H15N2O3S/c1-11-3-5-14(6-4-11)17-21(19,20)15-9-7-13(8-10-15)16-12(2)18/h3-10,17H,1H2,2H3,(H,16,18). The summed E-state index contributed by atoms with van der Waals surface area (Å²) in [7, 11) is -3.65. The van der Waals surface area contributed by atoms with Gasteiger partial charge in [0.05, 0.1) is 4.90 Å². The average Bonchev–Trinajstić information content (AvgIpc) is 2.41. The SMILES string of the molecule is [CH2]c1ccc(NS(=O)(=O)c2ccc(NC(C)=O)cc2)cc1. The number of benzene rings is 2. The second kappa shape index (κ2) is 5.97. The Morgan fingerprint density at radius 3 is 2.00 bits per heavy atom. The zero-order valence-corrected chi connectivity index (χ0v) is 12.3. The third-order valence-electron chi connectivity index (χ3n) is 2.69. The van der Waals surface area contributed by atoms with Crippen LogP contribution in [-0.2, 0) is 14.8 Å². The minimum absolute atomic E-state index is 0.121. The van der Waals surface area contributed by atoms with Gasteiger partial charge in [-0.15, -0.1) is 0 Å². The average molecular weight is 303 g/mol. The molecule has 0 heterocycles. The van der Waals surface area contributed by atoms with Gasteiger partial charge >= 0.3 is 0 Å². The summed E-state index contributed by atoms with van der Waals surface area (Å²) in [5, 5.41) is 2.58. The molecule has 0 saturated heterocycles. The maximum atomic E-state index is 12.2. The van der Waals surface area contributed by atoms with E-state index in [1.807, 2.05) is 0 Å². The van der Waals surface area contributed by atoms with Crippen LogP contribution in [0.4, 0.5) is 11.4 Å². The van der Waals surface area contributed by atoms with Gasteiger partial charge in [-0.05, 0) is 48.9 Å². The van der Waals surface area contributed by atoms with E-state index in [0.29, 0.717) is 11.4 Å². The van der Waals surface area contributed by atoms with Crippen LogP contribution in [0.25, 0.3) is 0 Å². The molecule has 1 amide bonds. The molecule has 21 heavy (non-hydrogen) atoms. The van der Waals surface area contributed by atoms with Crippen LogP contribution in [0.5, 0.6) is 0 Å². The highest BCUT2D eigenvalue weighted by Crippen LogP contribution is 2.18. The summed E-state index contributed by atoms with van der Waals surface area (Å²) in [6.07, 6.45) is 0. The maximum Gasteiger partial charge on any atom is 0.261 e. The molecule has 6 heteroatoms. The highest BCUT2D eigenvalue weighted by atomic mass is 32.2. The van der Waals surface area contributed by atoms with Crippen molar-refractivity contribution in [1.29, 1.82) is 0 Å². The monoisotopic (exact) mass is 303 g/mol.